The zero-order valence-electron chi connectivity index (χ0n) is 12.7. The van der Waals surface area contributed by atoms with Gasteiger partial charge in [-0.2, -0.15) is 0 Å². The molecule has 3 nitrogen and oxygen atoms in total. The number of benzene rings is 1. The van der Waals surface area contributed by atoms with Crippen LogP contribution in [-0.2, 0) is 0 Å². The summed E-state index contributed by atoms with van der Waals surface area (Å²) in [5, 5.41) is 5.59. The first-order chi connectivity index (χ1) is 10.2. The van der Waals surface area contributed by atoms with Crippen LogP contribution >= 0.6 is 11.6 Å². The highest BCUT2D eigenvalue weighted by Crippen LogP contribution is 2.34. The number of pyridine rings is 1. The van der Waals surface area contributed by atoms with Gasteiger partial charge in [0.2, 0.25) is 0 Å². The van der Waals surface area contributed by atoms with E-state index in [2.05, 4.69) is 35.1 Å². The van der Waals surface area contributed by atoms with Gasteiger partial charge >= 0.3 is 0 Å². The van der Waals surface area contributed by atoms with Crippen molar-refractivity contribution in [2.45, 2.75) is 32.7 Å². The lowest BCUT2D eigenvalue weighted by Gasteiger charge is -2.32. The smallest absolute Gasteiger partial charge is 0.0752 e. The predicted molar refractivity (Wildman–Crippen MR) is 90.2 cm³/mol. The van der Waals surface area contributed by atoms with Crippen LogP contribution in [0.4, 0.5) is 5.69 Å². The molecule has 0 bridgehead atoms. The Kier molecular flexibility index (Phi) is 4.32. The van der Waals surface area contributed by atoms with E-state index < -0.39 is 0 Å². The number of halogens is 1. The van der Waals surface area contributed by atoms with Gasteiger partial charge in [-0.25, -0.2) is 0 Å². The van der Waals surface area contributed by atoms with Crippen molar-refractivity contribution in [3.8, 4) is 0 Å². The van der Waals surface area contributed by atoms with Gasteiger partial charge in [0.15, 0.2) is 0 Å². The average molecular weight is 304 g/mol. The van der Waals surface area contributed by atoms with E-state index in [0.717, 1.165) is 46.8 Å². The summed E-state index contributed by atoms with van der Waals surface area (Å²) in [6.07, 6.45) is 4.17. The van der Waals surface area contributed by atoms with E-state index in [0.29, 0.717) is 6.04 Å². The molecule has 1 aromatic heterocycles. The number of aromatic nitrogens is 1. The summed E-state index contributed by atoms with van der Waals surface area (Å²) in [7, 11) is 0. The lowest BCUT2D eigenvalue weighted by molar-refractivity contribution is 0.229. The van der Waals surface area contributed by atoms with Crippen LogP contribution in [0.2, 0.25) is 5.02 Å². The number of anilines is 1. The summed E-state index contributed by atoms with van der Waals surface area (Å²) < 4.78 is 0. The molecule has 21 heavy (non-hydrogen) atoms. The number of hydrogen-bond donors (Lipinski definition) is 1. The van der Waals surface area contributed by atoms with Crippen molar-refractivity contribution in [2.24, 2.45) is 0 Å². The van der Waals surface area contributed by atoms with Crippen LogP contribution in [0.3, 0.4) is 0 Å². The fourth-order valence-electron chi connectivity index (χ4n) is 3.12. The lowest BCUT2D eigenvalue weighted by atomic mass is 10.0. The second kappa shape index (κ2) is 6.20. The molecule has 1 N–H and O–H groups in total. The van der Waals surface area contributed by atoms with Crippen molar-refractivity contribution in [1.29, 1.82) is 0 Å². The summed E-state index contributed by atoms with van der Waals surface area (Å²) in [6, 6.07) is 6.59. The van der Waals surface area contributed by atoms with E-state index in [1.54, 1.807) is 0 Å². The van der Waals surface area contributed by atoms with E-state index in [1.165, 1.54) is 12.8 Å². The van der Waals surface area contributed by atoms with Crippen molar-refractivity contribution < 1.29 is 0 Å². The number of piperidine rings is 1. The minimum atomic E-state index is 0.497. The minimum Gasteiger partial charge on any atom is -0.380 e. The van der Waals surface area contributed by atoms with Crippen molar-refractivity contribution >= 4 is 28.2 Å². The maximum absolute atomic E-state index is 6.48. The Hall–Kier alpha value is -1.32. The molecule has 0 spiro atoms. The summed E-state index contributed by atoms with van der Waals surface area (Å²) in [4.78, 5) is 6.99. The molecule has 0 radical (unpaired) electrons. The summed E-state index contributed by atoms with van der Waals surface area (Å²) in [6.45, 7) is 7.75. The van der Waals surface area contributed by atoms with Gasteiger partial charge in [-0.05, 0) is 50.1 Å². The Morgan fingerprint density at radius 2 is 2.14 bits per heavy atom. The molecule has 3 rings (SSSR count). The van der Waals surface area contributed by atoms with Gasteiger partial charge in [0.25, 0.3) is 0 Å². The highest BCUT2D eigenvalue weighted by Gasteiger charge is 2.20. The third-order valence-corrected chi connectivity index (χ3v) is 4.71. The predicted octanol–water partition coefficient (Wildman–Crippen LogP) is 4.09. The van der Waals surface area contributed by atoms with Crippen LogP contribution < -0.4 is 5.32 Å². The Labute approximate surface area is 131 Å². The number of fused-ring (bicyclic) bond motifs is 1. The van der Waals surface area contributed by atoms with Crippen LogP contribution in [0, 0.1) is 6.92 Å². The van der Waals surface area contributed by atoms with Crippen LogP contribution in [0.15, 0.2) is 24.4 Å². The largest absolute Gasteiger partial charge is 0.380 e. The first kappa shape index (κ1) is 14.6. The second-order valence-corrected chi connectivity index (χ2v) is 6.21. The molecule has 1 aromatic carbocycles. The maximum Gasteiger partial charge on any atom is 0.0752 e. The molecule has 1 saturated heterocycles. The third-order valence-electron chi connectivity index (χ3n) is 4.42. The number of aryl methyl sites for hydroxylation is 1. The van der Waals surface area contributed by atoms with Crippen molar-refractivity contribution in [3.05, 3.63) is 35.0 Å². The summed E-state index contributed by atoms with van der Waals surface area (Å²) >= 11 is 6.48. The second-order valence-electron chi connectivity index (χ2n) is 5.80. The lowest BCUT2D eigenvalue weighted by Crippen LogP contribution is -2.38. The molecule has 112 valence electrons. The van der Waals surface area contributed by atoms with Gasteiger partial charge in [-0.1, -0.05) is 18.5 Å². The van der Waals surface area contributed by atoms with E-state index in [-0.39, 0.29) is 0 Å². The molecule has 1 aliphatic rings. The van der Waals surface area contributed by atoms with Gasteiger partial charge in [0.05, 0.1) is 16.2 Å². The fourth-order valence-corrected chi connectivity index (χ4v) is 3.44. The van der Waals surface area contributed by atoms with E-state index in [9.17, 15) is 0 Å². The van der Waals surface area contributed by atoms with Gasteiger partial charge < -0.3 is 10.2 Å². The highest BCUT2D eigenvalue weighted by molar-refractivity contribution is 6.35. The molecule has 4 heteroatoms. The van der Waals surface area contributed by atoms with E-state index in [4.69, 9.17) is 11.6 Å². The number of rotatable bonds is 3. The molecular weight excluding hydrogens is 282 g/mol. The van der Waals surface area contributed by atoms with Crippen molar-refractivity contribution in [2.75, 3.05) is 25.0 Å². The molecule has 0 atom stereocenters. The third kappa shape index (κ3) is 2.99. The topological polar surface area (TPSA) is 28.2 Å². The van der Waals surface area contributed by atoms with Gasteiger partial charge in [-0.3, -0.25) is 4.98 Å². The first-order valence-corrected chi connectivity index (χ1v) is 8.09. The van der Waals surface area contributed by atoms with Crippen molar-refractivity contribution in [3.63, 3.8) is 0 Å². The zero-order valence-corrected chi connectivity index (χ0v) is 13.5. The molecule has 2 heterocycles. The number of likely N-dealkylation sites (tertiary alicyclic amines) is 1. The molecule has 0 amide bonds. The number of nitrogens with zero attached hydrogens (tertiary/aromatic N) is 2. The van der Waals surface area contributed by atoms with Crippen molar-refractivity contribution in [1.82, 2.24) is 9.88 Å². The van der Waals surface area contributed by atoms with E-state index >= 15 is 0 Å². The molecule has 0 saturated carbocycles. The van der Waals surface area contributed by atoms with Crippen LogP contribution in [0.1, 0.15) is 25.3 Å². The van der Waals surface area contributed by atoms with Gasteiger partial charge in [-0.15, -0.1) is 0 Å². The zero-order chi connectivity index (χ0) is 14.8. The molecule has 0 unspecified atom stereocenters. The Morgan fingerprint density at radius 3 is 2.86 bits per heavy atom. The normalized spacial score (nSPS) is 17.3. The summed E-state index contributed by atoms with van der Waals surface area (Å²) in [5.41, 5.74) is 3.21. The van der Waals surface area contributed by atoms with Crippen LogP contribution in [0.5, 0.6) is 0 Å². The van der Waals surface area contributed by atoms with Gasteiger partial charge in [0.1, 0.15) is 0 Å². The number of nitrogens with one attached hydrogen (secondary N) is 1. The maximum atomic E-state index is 6.48. The minimum absolute atomic E-state index is 0.497. The molecule has 2 aromatic rings. The van der Waals surface area contributed by atoms with Gasteiger partial charge in [0, 0.05) is 30.7 Å². The Balaban J connectivity index is 1.87. The molecule has 1 aliphatic heterocycles. The number of hydrogen-bond acceptors (Lipinski definition) is 3. The monoisotopic (exact) mass is 303 g/mol. The molecule has 0 aliphatic carbocycles. The highest BCUT2D eigenvalue weighted by atomic mass is 35.5. The Bertz CT molecular complexity index is 633. The standard InChI is InChI=1S/C17H22ClN3/c1-3-21-9-6-13(7-10-21)20-17-14-5-4-8-19-16(14)12(2)11-15(17)18/h4-5,8,11,13,20H,3,6-7,9-10H2,1-2H3. The van der Waals surface area contributed by atoms with Crippen LogP contribution in [-0.4, -0.2) is 35.6 Å². The molecule has 1 fully saturated rings. The molecular formula is C17H22ClN3. The van der Waals surface area contributed by atoms with E-state index in [1.807, 2.05) is 18.3 Å². The first-order valence-electron chi connectivity index (χ1n) is 7.71. The summed E-state index contributed by atoms with van der Waals surface area (Å²) in [5.74, 6) is 0. The SMILES string of the molecule is CCN1CCC(Nc2c(Cl)cc(C)c3ncccc23)CC1. The Morgan fingerprint density at radius 1 is 1.38 bits per heavy atom. The quantitative estimate of drug-likeness (QED) is 0.925. The van der Waals surface area contributed by atoms with Crippen LogP contribution in [0.25, 0.3) is 10.9 Å². The average Bonchev–Trinajstić information content (AvgIpc) is 2.52. The fraction of sp³-hybridized carbons (Fsp3) is 0.471.